The average Bonchev–Trinajstić information content (AvgIpc) is 2.64. The van der Waals surface area contributed by atoms with Gasteiger partial charge in [-0.2, -0.15) is 0 Å². The van der Waals surface area contributed by atoms with Crippen molar-refractivity contribution in [1.82, 2.24) is 0 Å². The molecule has 0 saturated carbocycles. The molecule has 25 heavy (non-hydrogen) atoms. The highest BCUT2D eigenvalue weighted by molar-refractivity contribution is 5.40. The number of benzene rings is 2. The van der Waals surface area contributed by atoms with Crippen LogP contribution in [-0.4, -0.2) is 6.61 Å². The molecule has 0 radical (unpaired) electrons. The molecule has 2 heteroatoms. The zero-order chi connectivity index (χ0) is 17.6. The first kappa shape index (κ1) is 18.0. The maximum atomic E-state index is 14.4. The normalized spacial score (nSPS) is 16.5. The Morgan fingerprint density at radius 2 is 1.92 bits per heavy atom. The number of aryl methyl sites for hydroxylation is 2. The summed E-state index contributed by atoms with van der Waals surface area (Å²) >= 11 is 0. The zero-order valence-electron chi connectivity index (χ0n) is 15.5. The lowest BCUT2D eigenvalue weighted by atomic mass is 9.80. The summed E-state index contributed by atoms with van der Waals surface area (Å²) in [6, 6.07) is 12.2. The van der Waals surface area contributed by atoms with Crippen LogP contribution < -0.4 is 4.74 Å². The number of halogens is 1. The first-order valence-corrected chi connectivity index (χ1v) is 9.74. The Kier molecular flexibility index (Phi) is 6.12. The van der Waals surface area contributed by atoms with Crippen molar-refractivity contribution in [3.63, 3.8) is 0 Å². The van der Waals surface area contributed by atoms with Crippen LogP contribution in [0.5, 0.6) is 5.75 Å². The van der Waals surface area contributed by atoms with Crippen LogP contribution in [0.3, 0.4) is 0 Å². The maximum Gasteiger partial charge on any atom is 0.126 e. The Hall–Kier alpha value is -1.83. The van der Waals surface area contributed by atoms with Crippen LogP contribution in [0.2, 0.25) is 0 Å². The first-order chi connectivity index (χ1) is 12.2. The van der Waals surface area contributed by atoms with Gasteiger partial charge in [0.05, 0.1) is 6.61 Å². The molecule has 0 amide bonds. The highest BCUT2D eigenvalue weighted by Gasteiger charge is 2.23. The molecule has 0 spiro atoms. The molecular weight excluding hydrogens is 311 g/mol. The molecule has 134 valence electrons. The summed E-state index contributed by atoms with van der Waals surface area (Å²) in [6.07, 6.45) is 7.36. The molecule has 0 aromatic heterocycles. The van der Waals surface area contributed by atoms with E-state index in [4.69, 9.17) is 4.74 Å². The predicted molar refractivity (Wildman–Crippen MR) is 102 cm³/mol. The average molecular weight is 340 g/mol. The monoisotopic (exact) mass is 340 g/mol. The highest BCUT2D eigenvalue weighted by atomic mass is 19.1. The van der Waals surface area contributed by atoms with Crippen LogP contribution in [0, 0.1) is 5.82 Å². The lowest BCUT2D eigenvalue weighted by molar-refractivity contribution is 0.305. The number of hydrogen-bond acceptors (Lipinski definition) is 1. The minimum atomic E-state index is -0.0383. The van der Waals surface area contributed by atoms with Crippen molar-refractivity contribution in [3.8, 4) is 5.75 Å². The molecule has 3 rings (SSSR count). The summed E-state index contributed by atoms with van der Waals surface area (Å²) < 4.78 is 20.3. The summed E-state index contributed by atoms with van der Waals surface area (Å²) in [6.45, 7) is 5.06. The van der Waals surface area contributed by atoms with Crippen LogP contribution in [0.4, 0.5) is 4.39 Å². The van der Waals surface area contributed by atoms with Gasteiger partial charge in [-0.1, -0.05) is 44.9 Å². The lowest BCUT2D eigenvalue weighted by Crippen LogP contribution is -2.14. The smallest absolute Gasteiger partial charge is 0.126 e. The second-order valence-electron chi connectivity index (χ2n) is 7.14. The van der Waals surface area contributed by atoms with Crippen molar-refractivity contribution < 1.29 is 9.13 Å². The Balaban J connectivity index is 1.67. The van der Waals surface area contributed by atoms with Gasteiger partial charge in [0.25, 0.3) is 0 Å². The van der Waals surface area contributed by atoms with E-state index in [-0.39, 0.29) is 11.7 Å². The highest BCUT2D eigenvalue weighted by Crippen LogP contribution is 2.35. The fraction of sp³-hybridized carbons (Fsp3) is 0.478. The van der Waals surface area contributed by atoms with Gasteiger partial charge < -0.3 is 4.74 Å². The Morgan fingerprint density at radius 1 is 1.04 bits per heavy atom. The van der Waals surface area contributed by atoms with Crippen LogP contribution >= 0.6 is 0 Å². The van der Waals surface area contributed by atoms with Gasteiger partial charge in [0.1, 0.15) is 11.6 Å². The van der Waals surface area contributed by atoms with Crippen LogP contribution in [-0.2, 0) is 19.3 Å². The third-order valence-electron chi connectivity index (χ3n) is 5.34. The van der Waals surface area contributed by atoms with E-state index in [2.05, 4.69) is 38.1 Å². The molecular formula is C23H29FO. The SMILES string of the molecule is CCCCCOc1ccc2c(c1)CCC(c1ccc(CC)cc1F)C2. The summed E-state index contributed by atoms with van der Waals surface area (Å²) in [5.74, 6) is 1.23. The first-order valence-electron chi connectivity index (χ1n) is 9.74. The number of rotatable bonds is 7. The van der Waals surface area contributed by atoms with Gasteiger partial charge in [-0.3, -0.25) is 0 Å². The quantitative estimate of drug-likeness (QED) is 0.543. The van der Waals surface area contributed by atoms with Crippen molar-refractivity contribution in [2.24, 2.45) is 0 Å². The molecule has 1 nitrogen and oxygen atoms in total. The molecule has 2 aromatic carbocycles. The van der Waals surface area contributed by atoms with E-state index in [1.165, 1.54) is 24.0 Å². The second kappa shape index (κ2) is 8.51. The zero-order valence-corrected chi connectivity index (χ0v) is 15.5. The molecule has 2 aromatic rings. The van der Waals surface area contributed by atoms with Gasteiger partial charge in [-0.15, -0.1) is 0 Å². The number of fused-ring (bicyclic) bond motifs is 1. The van der Waals surface area contributed by atoms with Crippen LogP contribution in [0.15, 0.2) is 36.4 Å². The predicted octanol–water partition coefficient (Wildman–Crippen LogP) is 6.23. The van der Waals surface area contributed by atoms with E-state index in [1.807, 2.05) is 6.07 Å². The van der Waals surface area contributed by atoms with Crippen LogP contribution in [0.1, 0.15) is 67.7 Å². The molecule has 0 aliphatic heterocycles. The topological polar surface area (TPSA) is 9.23 Å². The minimum absolute atomic E-state index is 0.0383. The Bertz CT molecular complexity index is 707. The molecule has 0 fully saturated rings. The molecule has 1 atom stereocenters. The Morgan fingerprint density at radius 3 is 2.68 bits per heavy atom. The minimum Gasteiger partial charge on any atom is -0.494 e. The third-order valence-corrected chi connectivity index (χ3v) is 5.34. The molecule has 0 N–H and O–H groups in total. The summed E-state index contributed by atoms with van der Waals surface area (Å²) in [7, 11) is 0. The molecule has 1 unspecified atom stereocenters. The maximum absolute atomic E-state index is 14.4. The van der Waals surface area contributed by atoms with E-state index in [0.29, 0.717) is 0 Å². The van der Waals surface area contributed by atoms with Gasteiger partial charge in [0.15, 0.2) is 0 Å². The van der Waals surface area contributed by atoms with Gasteiger partial charge >= 0.3 is 0 Å². The molecule has 0 bridgehead atoms. The fourth-order valence-electron chi connectivity index (χ4n) is 3.75. The fourth-order valence-corrected chi connectivity index (χ4v) is 3.75. The van der Waals surface area contributed by atoms with Crippen molar-refractivity contribution >= 4 is 0 Å². The molecule has 1 aliphatic carbocycles. The molecule has 1 aliphatic rings. The van der Waals surface area contributed by atoms with E-state index < -0.39 is 0 Å². The molecule has 0 saturated heterocycles. The summed E-state index contributed by atoms with van der Waals surface area (Å²) in [4.78, 5) is 0. The van der Waals surface area contributed by atoms with Crippen molar-refractivity contribution in [2.45, 2.75) is 64.7 Å². The largest absolute Gasteiger partial charge is 0.494 e. The second-order valence-corrected chi connectivity index (χ2v) is 7.14. The summed E-state index contributed by atoms with van der Waals surface area (Å²) in [5, 5.41) is 0. The van der Waals surface area contributed by atoms with Crippen molar-refractivity contribution in [1.29, 1.82) is 0 Å². The third kappa shape index (κ3) is 4.42. The van der Waals surface area contributed by atoms with E-state index in [1.54, 1.807) is 6.07 Å². The van der Waals surface area contributed by atoms with Gasteiger partial charge in [0.2, 0.25) is 0 Å². The Labute approximate surface area is 151 Å². The van der Waals surface area contributed by atoms with Crippen LogP contribution in [0.25, 0.3) is 0 Å². The molecule has 0 heterocycles. The summed E-state index contributed by atoms with van der Waals surface area (Å²) in [5.41, 5.74) is 4.66. The van der Waals surface area contributed by atoms with Gasteiger partial charge in [-0.05, 0) is 78.5 Å². The number of hydrogen-bond donors (Lipinski definition) is 0. The van der Waals surface area contributed by atoms with Gasteiger partial charge in [-0.25, -0.2) is 4.39 Å². The van der Waals surface area contributed by atoms with E-state index in [9.17, 15) is 4.39 Å². The number of unbranched alkanes of at least 4 members (excludes halogenated alkanes) is 2. The number of ether oxygens (including phenoxy) is 1. The van der Waals surface area contributed by atoms with Gasteiger partial charge in [0, 0.05) is 0 Å². The van der Waals surface area contributed by atoms with Crippen molar-refractivity contribution in [3.05, 3.63) is 64.5 Å². The standard InChI is InChI=1S/C23H29FO/c1-3-5-6-13-25-21-11-10-18-15-20(9-8-19(18)16-21)22-12-7-17(4-2)14-23(22)24/h7,10-12,14,16,20H,3-6,8-9,13,15H2,1-2H3. The van der Waals surface area contributed by atoms with Crippen molar-refractivity contribution in [2.75, 3.05) is 6.61 Å². The van der Waals surface area contributed by atoms with E-state index >= 15 is 0 Å². The van der Waals surface area contributed by atoms with E-state index in [0.717, 1.165) is 55.6 Å². The lowest BCUT2D eigenvalue weighted by Gasteiger charge is -2.26.